The van der Waals surface area contributed by atoms with Crippen LogP contribution in [0.3, 0.4) is 0 Å². The highest BCUT2D eigenvalue weighted by Gasteiger charge is 2.37. The largest absolute Gasteiger partial charge is 0.357 e. The number of amides is 2. The summed E-state index contributed by atoms with van der Waals surface area (Å²) in [6.45, 7) is 4.41. The lowest BCUT2D eigenvalue weighted by Crippen LogP contribution is -2.34. The number of sulfone groups is 1. The normalized spacial score (nSPS) is 14.7. The molecule has 0 saturated heterocycles. The van der Waals surface area contributed by atoms with E-state index in [1.165, 1.54) is 24.3 Å². The zero-order valence-electron chi connectivity index (χ0n) is 18.0. The van der Waals surface area contributed by atoms with Crippen LogP contribution in [-0.4, -0.2) is 49.2 Å². The minimum absolute atomic E-state index is 0.0290. The Balaban J connectivity index is 3.08. The minimum atomic E-state index is -3.52. The van der Waals surface area contributed by atoms with Crippen LogP contribution in [0.1, 0.15) is 47.0 Å². The van der Waals surface area contributed by atoms with Gasteiger partial charge in [0.25, 0.3) is 0 Å². The van der Waals surface area contributed by atoms with Gasteiger partial charge in [-0.25, -0.2) is 17.9 Å². The summed E-state index contributed by atoms with van der Waals surface area (Å²) in [4.78, 5) is 13.1. The molecule has 2 amide bonds. The Labute approximate surface area is 189 Å². The molecule has 1 aromatic carbocycles. The first-order valence-electron chi connectivity index (χ1n) is 10.0. The van der Waals surface area contributed by atoms with E-state index < -0.39 is 22.6 Å². The molecular formula is C19H32ClN2O5PS2. The van der Waals surface area contributed by atoms with E-state index in [0.717, 1.165) is 22.5 Å². The monoisotopic (exact) mass is 498 g/mol. The van der Waals surface area contributed by atoms with Crippen molar-refractivity contribution in [2.45, 2.75) is 57.1 Å². The summed E-state index contributed by atoms with van der Waals surface area (Å²) in [5, 5.41) is 2.71. The molecule has 0 aromatic heterocycles. The van der Waals surface area contributed by atoms with E-state index in [1.807, 2.05) is 20.8 Å². The van der Waals surface area contributed by atoms with Gasteiger partial charge in [-0.2, -0.15) is 0 Å². The van der Waals surface area contributed by atoms with Gasteiger partial charge in [-0.15, -0.1) is 11.6 Å². The number of hydrogen-bond donors (Lipinski definition) is 1. The second kappa shape index (κ2) is 13.0. The van der Waals surface area contributed by atoms with Gasteiger partial charge in [-0.3, -0.25) is 4.57 Å². The van der Waals surface area contributed by atoms with E-state index in [2.05, 4.69) is 5.32 Å². The fourth-order valence-corrected chi connectivity index (χ4v) is 8.99. The number of alkyl halides is 1. The Morgan fingerprint density at radius 2 is 1.87 bits per heavy atom. The van der Waals surface area contributed by atoms with Crippen molar-refractivity contribution in [3.05, 3.63) is 24.3 Å². The molecule has 1 aromatic rings. The molecule has 2 atom stereocenters. The lowest BCUT2D eigenvalue weighted by Gasteiger charge is -2.31. The molecule has 0 aliphatic rings. The zero-order chi connectivity index (χ0) is 22.8. The smallest absolute Gasteiger partial charge is 0.307 e. The molecule has 0 radical (unpaired) electrons. The van der Waals surface area contributed by atoms with Crippen molar-refractivity contribution in [3.8, 4) is 0 Å². The van der Waals surface area contributed by atoms with Crippen LogP contribution in [0, 0.1) is 0 Å². The molecule has 0 fully saturated rings. The SMILES string of the molecule is CCCOP(=O)(SC(C)CC)N(CCCl)C(=O)Nc1ccc(S(=O)(=O)CCC)cc1. The van der Waals surface area contributed by atoms with Gasteiger partial charge in [0.15, 0.2) is 9.84 Å². The molecule has 0 spiro atoms. The van der Waals surface area contributed by atoms with E-state index in [9.17, 15) is 17.8 Å². The van der Waals surface area contributed by atoms with E-state index in [1.54, 1.807) is 6.92 Å². The molecule has 0 bridgehead atoms. The Morgan fingerprint density at radius 3 is 2.37 bits per heavy atom. The average molecular weight is 499 g/mol. The fourth-order valence-electron chi connectivity index (χ4n) is 2.40. The molecule has 0 heterocycles. The summed E-state index contributed by atoms with van der Waals surface area (Å²) in [6.07, 6.45) is 1.96. The van der Waals surface area contributed by atoms with Gasteiger partial charge in [-0.1, -0.05) is 27.7 Å². The van der Waals surface area contributed by atoms with Crippen LogP contribution >= 0.6 is 29.7 Å². The summed E-state index contributed by atoms with van der Waals surface area (Å²) < 4.78 is 44.7. The number of urea groups is 1. The molecule has 0 aliphatic carbocycles. The topological polar surface area (TPSA) is 92.8 Å². The highest BCUT2D eigenvalue weighted by atomic mass is 35.5. The van der Waals surface area contributed by atoms with Gasteiger partial charge in [0.05, 0.1) is 17.3 Å². The molecule has 0 aliphatic heterocycles. The van der Waals surface area contributed by atoms with E-state index >= 15 is 0 Å². The van der Waals surface area contributed by atoms with Gasteiger partial charge in [0.2, 0.25) is 0 Å². The highest BCUT2D eigenvalue weighted by molar-refractivity contribution is 8.56. The predicted molar refractivity (Wildman–Crippen MR) is 126 cm³/mol. The average Bonchev–Trinajstić information content (AvgIpc) is 2.70. The van der Waals surface area contributed by atoms with Crippen molar-refractivity contribution in [1.29, 1.82) is 0 Å². The van der Waals surface area contributed by atoms with Crippen LogP contribution in [0.4, 0.5) is 10.5 Å². The number of carbonyl (C=O) groups excluding carboxylic acids is 1. The van der Waals surface area contributed by atoms with Crippen molar-refractivity contribution in [2.75, 3.05) is 30.1 Å². The summed E-state index contributed by atoms with van der Waals surface area (Å²) in [5.74, 6) is 0.162. The van der Waals surface area contributed by atoms with Crippen molar-refractivity contribution >= 4 is 51.3 Å². The number of nitrogens with zero attached hydrogens (tertiary/aromatic N) is 1. The minimum Gasteiger partial charge on any atom is -0.307 e. The van der Waals surface area contributed by atoms with Gasteiger partial charge in [0.1, 0.15) is 0 Å². The van der Waals surface area contributed by atoms with Crippen molar-refractivity contribution in [1.82, 2.24) is 4.67 Å². The Morgan fingerprint density at radius 1 is 1.23 bits per heavy atom. The molecule has 1 N–H and O–H groups in total. The summed E-state index contributed by atoms with van der Waals surface area (Å²) in [5.41, 5.74) is 0.394. The predicted octanol–water partition coefficient (Wildman–Crippen LogP) is 6.01. The van der Waals surface area contributed by atoms with Crippen LogP contribution in [0.5, 0.6) is 0 Å². The van der Waals surface area contributed by atoms with Crippen LogP contribution < -0.4 is 5.32 Å². The second-order valence-corrected chi connectivity index (χ2v) is 13.9. The number of halogens is 1. The Bertz CT molecular complexity index is 821. The lowest BCUT2D eigenvalue weighted by molar-refractivity contribution is 0.227. The Kier molecular flexibility index (Phi) is 11.8. The molecule has 172 valence electrons. The maximum atomic E-state index is 13.6. The van der Waals surface area contributed by atoms with Crippen LogP contribution in [-0.2, 0) is 18.9 Å². The van der Waals surface area contributed by atoms with Crippen LogP contribution in [0.25, 0.3) is 0 Å². The van der Waals surface area contributed by atoms with Crippen LogP contribution in [0.15, 0.2) is 29.2 Å². The van der Waals surface area contributed by atoms with Gasteiger partial charge < -0.3 is 9.84 Å². The molecular weight excluding hydrogens is 467 g/mol. The Hall–Kier alpha value is -0.730. The molecule has 11 heteroatoms. The summed E-state index contributed by atoms with van der Waals surface area (Å²) >= 11 is 7.03. The number of nitrogens with one attached hydrogen (secondary N) is 1. The molecule has 2 unspecified atom stereocenters. The number of rotatable bonds is 13. The fraction of sp³-hybridized carbons (Fsp3) is 0.632. The molecule has 1 rings (SSSR count). The maximum Gasteiger partial charge on any atom is 0.357 e. The quantitative estimate of drug-likeness (QED) is 0.264. The number of benzene rings is 1. The first kappa shape index (κ1) is 27.3. The van der Waals surface area contributed by atoms with E-state index in [4.69, 9.17) is 16.1 Å². The molecule has 30 heavy (non-hydrogen) atoms. The number of anilines is 1. The summed E-state index contributed by atoms with van der Waals surface area (Å²) in [7, 11) is -3.34. The van der Waals surface area contributed by atoms with Gasteiger partial charge >= 0.3 is 12.8 Å². The standard InChI is InChI=1S/C19H32ClN2O5PS2/c1-5-14-27-28(24,29-16(4)7-3)22(13-12-20)19(23)21-17-8-10-18(11-9-17)30(25,26)15-6-2/h8-11,16H,5-7,12-15H2,1-4H3,(H,21,23). The van der Waals surface area contributed by atoms with Gasteiger partial charge in [-0.05, 0) is 54.9 Å². The first-order valence-corrected chi connectivity index (χ1v) is 15.3. The van der Waals surface area contributed by atoms with Crippen molar-refractivity contribution in [2.24, 2.45) is 0 Å². The first-order chi connectivity index (χ1) is 14.1. The molecule has 0 saturated carbocycles. The zero-order valence-corrected chi connectivity index (χ0v) is 21.2. The maximum absolute atomic E-state index is 13.6. The lowest BCUT2D eigenvalue weighted by atomic mass is 10.3. The summed E-state index contributed by atoms with van der Waals surface area (Å²) in [6, 6.07) is 5.33. The van der Waals surface area contributed by atoms with Crippen molar-refractivity contribution in [3.63, 3.8) is 0 Å². The van der Waals surface area contributed by atoms with E-state index in [0.29, 0.717) is 18.5 Å². The second-order valence-electron chi connectivity index (χ2n) is 6.71. The third-order valence-corrected chi connectivity index (χ3v) is 11.4. The highest BCUT2D eigenvalue weighted by Crippen LogP contribution is 2.64. The number of carbonyl (C=O) groups is 1. The number of hydrogen-bond acceptors (Lipinski definition) is 6. The third kappa shape index (κ3) is 8.08. The van der Waals surface area contributed by atoms with E-state index in [-0.39, 0.29) is 34.9 Å². The van der Waals surface area contributed by atoms with Gasteiger partial charge in [0, 0.05) is 23.4 Å². The third-order valence-electron chi connectivity index (χ3n) is 4.11. The molecule has 7 nitrogen and oxygen atoms in total. The van der Waals surface area contributed by atoms with Crippen LogP contribution in [0.2, 0.25) is 0 Å². The van der Waals surface area contributed by atoms with Crippen molar-refractivity contribution < 1.29 is 22.3 Å².